The van der Waals surface area contributed by atoms with Crippen LogP contribution < -0.4 is 11.3 Å². The lowest BCUT2D eigenvalue weighted by atomic mass is 9.96. The van der Waals surface area contributed by atoms with Gasteiger partial charge in [0.25, 0.3) is 0 Å². The second-order valence-corrected chi connectivity index (χ2v) is 5.59. The van der Waals surface area contributed by atoms with Crippen LogP contribution in [-0.4, -0.2) is 0 Å². The molecule has 0 bridgehead atoms. The molecular formula is C15H15BrF2N2. The fourth-order valence-corrected chi connectivity index (χ4v) is 2.67. The molecule has 0 saturated carbocycles. The minimum Gasteiger partial charge on any atom is -0.271 e. The summed E-state index contributed by atoms with van der Waals surface area (Å²) < 4.78 is 27.2. The Kier molecular flexibility index (Phi) is 4.86. The number of hydrogen-bond acceptors (Lipinski definition) is 2. The number of rotatable bonds is 4. The van der Waals surface area contributed by atoms with Crippen molar-refractivity contribution in [2.24, 2.45) is 5.84 Å². The first-order valence-electron chi connectivity index (χ1n) is 6.17. The molecule has 0 heterocycles. The van der Waals surface area contributed by atoms with Gasteiger partial charge in [-0.1, -0.05) is 28.1 Å². The summed E-state index contributed by atoms with van der Waals surface area (Å²) in [5.41, 5.74) is 5.52. The zero-order chi connectivity index (χ0) is 14.7. The highest BCUT2D eigenvalue weighted by atomic mass is 79.9. The van der Waals surface area contributed by atoms with Gasteiger partial charge in [-0.25, -0.2) is 8.78 Å². The third kappa shape index (κ3) is 3.42. The maximum atomic E-state index is 13.2. The first-order chi connectivity index (χ1) is 9.51. The fraction of sp³-hybridized carbons (Fsp3) is 0.200. The van der Waals surface area contributed by atoms with Gasteiger partial charge in [0, 0.05) is 4.47 Å². The Hall–Kier alpha value is -1.30. The van der Waals surface area contributed by atoms with E-state index in [2.05, 4.69) is 21.4 Å². The summed E-state index contributed by atoms with van der Waals surface area (Å²) in [7, 11) is 0. The van der Waals surface area contributed by atoms with E-state index in [-0.39, 0.29) is 6.04 Å². The monoisotopic (exact) mass is 340 g/mol. The molecule has 1 unspecified atom stereocenters. The van der Waals surface area contributed by atoms with Gasteiger partial charge >= 0.3 is 0 Å². The molecule has 3 N–H and O–H groups in total. The first kappa shape index (κ1) is 15.1. The molecule has 2 nitrogen and oxygen atoms in total. The van der Waals surface area contributed by atoms with E-state index in [4.69, 9.17) is 5.84 Å². The summed E-state index contributed by atoms with van der Waals surface area (Å²) >= 11 is 3.41. The number of aryl methyl sites for hydroxylation is 1. The van der Waals surface area contributed by atoms with Gasteiger partial charge in [0.2, 0.25) is 0 Å². The van der Waals surface area contributed by atoms with Gasteiger partial charge in [-0.3, -0.25) is 11.3 Å². The van der Waals surface area contributed by atoms with Crippen molar-refractivity contribution < 1.29 is 8.78 Å². The van der Waals surface area contributed by atoms with E-state index in [1.165, 1.54) is 6.07 Å². The third-order valence-electron chi connectivity index (χ3n) is 3.23. The average Bonchev–Trinajstić information content (AvgIpc) is 2.41. The van der Waals surface area contributed by atoms with E-state index < -0.39 is 11.6 Å². The summed E-state index contributed by atoms with van der Waals surface area (Å²) in [6.45, 7) is 1.98. The van der Waals surface area contributed by atoms with Crippen LogP contribution in [0.1, 0.15) is 22.7 Å². The summed E-state index contributed by atoms with van der Waals surface area (Å²) in [6, 6.07) is 9.62. The SMILES string of the molecule is Cc1cc(Br)ccc1C(Cc1ccc(F)c(F)c1)NN. The van der Waals surface area contributed by atoms with Gasteiger partial charge in [0.05, 0.1) is 6.04 Å². The van der Waals surface area contributed by atoms with Crippen molar-refractivity contribution in [2.75, 3.05) is 0 Å². The van der Waals surface area contributed by atoms with Crippen molar-refractivity contribution in [2.45, 2.75) is 19.4 Å². The molecule has 0 radical (unpaired) electrons. The molecule has 1 atom stereocenters. The Morgan fingerprint density at radius 1 is 1.15 bits per heavy atom. The van der Waals surface area contributed by atoms with Gasteiger partial charge < -0.3 is 0 Å². The first-order valence-corrected chi connectivity index (χ1v) is 6.96. The molecule has 0 saturated heterocycles. The number of hydrogen-bond donors (Lipinski definition) is 2. The van der Waals surface area contributed by atoms with E-state index >= 15 is 0 Å². The Morgan fingerprint density at radius 2 is 1.90 bits per heavy atom. The van der Waals surface area contributed by atoms with Gasteiger partial charge in [0.15, 0.2) is 11.6 Å². The van der Waals surface area contributed by atoms with Crippen LogP contribution in [0.2, 0.25) is 0 Å². The average molecular weight is 341 g/mol. The molecule has 0 aliphatic carbocycles. The minimum atomic E-state index is -0.842. The summed E-state index contributed by atoms with van der Waals surface area (Å²) in [5.74, 6) is 3.91. The molecule has 0 aliphatic heterocycles. The predicted octanol–water partition coefficient (Wildman–Crippen LogP) is 3.78. The smallest absolute Gasteiger partial charge is 0.159 e. The van der Waals surface area contributed by atoms with Crippen LogP contribution in [0.25, 0.3) is 0 Å². The quantitative estimate of drug-likeness (QED) is 0.656. The standard InChI is InChI=1S/C15H15BrF2N2/c1-9-6-11(16)3-4-12(9)15(20-19)8-10-2-5-13(17)14(18)7-10/h2-7,15,20H,8,19H2,1H3. The second kappa shape index (κ2) is 6.43. The van der Waals surface area contributed by atoms with E-state index in [0.717, 1.165) is 21.7 Å². The molecule has 0 aromatic heterocycles. The Labute approximate surface area is 125 Å². The zero-order valence-corrected chi connectivity index (χ0v) is 12.5. The molecule has 2 rings (SSSR count). The Morgan fingerprint density at radius 3 is 2.50 bits per heavy atom. The van der Waals surface area contributed by atoms with Gasteiger partial charge in [-0.15, -0.1) is 0 Å². The molecule has 0 fully saturated rings. The van der Waals surface area contributed by atoms with Crippen LogP contribution in [-0.2, 0) is 6.42 Å². The minimum absolute atomic E-state index is 0.159. The van der Waals surface area contributed by atoms with Crippen LogP contribution in [0.15, 0.2) is 40.9 Å². The van der Waals surface area contributed by atoms with E-state index in [0.29, 0.717) is 12.0 Å². The number of benzene rings is 2. The lowest BCUT2D eigenvalue weighted by Crippen LogP contribution is -2.30. The predicted molar refractivity (Wildman–Crippen MR) is 79.0 cm³/mol. The maximum Gasteiger partial charge on any atom is 0.159 e. The van der Waals surface area contributed by atoms with Crippen molar-refractivity contribution in [3.8, 4) is 0 Å². The van der Waals surface area contributed by atoms with Crippen LogP contribution >= 0.6 is 15.9 Å². The lowest BCUT2D eigenvalue weighted by molar-refractivity contribution is 0.502. The number of nitrogens with one attached hydrogen (secondary N) is 1. The molecule has 0 amide bonds. The molecule has 106 valence electrons. The largest absolute Gasteiger partial charge is 0.271 e. The molecule has 2 aromatic rings. The molecule has 20 heavy (non-hydrogen) atoms. The van der Waals surface area contributed by atoms with Gasteiger partial charge in [0.1, 0.15) is 0 Å². The summed E-state index contributed by atoms with van der Waals surface area (Å²) in [4.78, 5) is 0. The normalized spacial score (nSPS) is 12.4. The van der Waals surface area contributed by atoms with E-state index in [1.807, 2.05) is 25.1 Å². The van der Waals surface area contributed by atoms with E-state index in [1.54, 1.807) is 6.07 Å². The topological polar surface area (TPSA) is 38.0 Å². The molecule has 2 aromatic carbocycles. The highest BCUT2D eigenvalue weighted by molar-refractivity contribution is 9.10. The van der Waals surface area contributed by atoms with Crippen LogP contribution in [0.3, 0.4) is 0 Å². The zero-order valence-electron chi connectivity index (χ0n) is 11.0. The molecular weight excluding hydrogens is 326 g/mol. The highest BCUT2D eigenvalue weighted by Crippen LogP contribution is 2.24. The summed E-state index contributed by atoms with van der Waals surface area (Å²) in [6.07, 6.45) is 0.482. The van der Waals surface area contributed by atoms with Crippen molar-refractivity contribution in [3.05, 3.63) is 69.2 Å². The van der Waals surface area contributed by atoms with Crippen LogP contribution in [0, 0.1) is 18.6 Å². The van der Waals surface area contributed by atoms with E-state index in [9.17, 15) is 8.78 Å². The second-order valence-electron chi connectivity index (χ2n) is 4.67. The fourth-order valence-electron chi connectivity index (χ4n) is 2.19. The van der Waals surface area contributed by atoms with Crippen LogP contribution in [0.5, 0.6) is 0 Å². The third-order valence-corrected chi connectivity index (χ3v) is 3.73. The lowest BCUT2D eigenvalue weighted by Gasteiger charge is -2.19. The number of hydrazine groups is 1. The number of halogens is 3. The Balaban J connectivity index is 2.26. The summed E-state index contributed by atoms with van der Waals surface area (Å²) in [5, 5.41) is 0. The maximum absolute atomic E-state index is 13.2. The molecule has 5 heteroatoms. The van der Waals surface area contributed by atoms with Crippen LogP contribution in [0.4, 0.5) is 8.78 Å². The van der Waals surface area contributed by atoms with Crippen molar-refractivity contribution in [1.82, 2.24) is 5.43 Å². The van der Waals surface area contributed by atoms with Gasteiger partial charge in [-0.2, -0.15) is 0 Å². The Bertz CT molecular complexity index is 617. The number of nitrogens with two attached hydrogens (primary N) is 1. The van der Waals surface area contributed by atoms with Crippen molar-refractivity contribution >= 4 is 15.9 Å². The van der Waals surface area contributed by atoms with Crippen molar-refractivity contribution in [3.63, 3.8) is 0 Å². The van der Waals surface area contributed by atoms with Gasteiger partial charge in [-0.05, 0) is 54.3 Å². The van der Waals surface area contributed by atoms with Crippen molar-refractivity contribution in [1.29, 1.82) is 0 Å². The molecule has 0 aliphatic rings. The molecule has 0 spiro atoms. The highest BCUT2D eigenvalue weighted by Gasteiger charge is 2.14.